The summed E-state index contributed by atoms with van der Waals surface area (Å²) >= 11 is 3.58. The van der Waals surface area contributed by atoms with Crippen molar-refractivity contribution in [1.82, 2.24) is 0 Å². The Hall–Kier alpha value is -1.79. The van der Waals surface area contributed by atoms with Gasteiger partial charge in [0.2, 0.25) is 0 Å². The largest absolute Gasteiger partial charge is 0.497 e. The first-order chi connectivity index (χ1) is 11.9. The molecule has 0 fully saturated rings. The van der Waals surface area contributed by atoms with Gasteiger partial charge in [0.15, 0.2) is 0 Å². The fourth-order valence-electron chi connectivity index (χ4n) is 2.99. The quantitative estimate of drug-likeness (QED) is 0.716. The number of aryl methyl sites for hydroxylation is 1. The number of rotatable bonds is 4. The molecule has 0 amide bonds. The van der Waals surface area contributed by atoms with Gasteiger partial charge in [0.1, 0.15) is 5.75 Å². The molecule has 0 spiro atoms. The molecule has 1 heterocycles. The number of allylic oxidation sites excluding steroid dienone is 1. The number of hydrogen-bond acceptors (Lipinski definition) is 3. The lowest BCUT2D eigenvalue weighted by Crippen LogP contribution is -2.35. The molecule has 4 nitrogen and oxygen atoms in total. The number of nitrogens with zero attached hydrogens (tertiary/aromatic N) is 1. The fourth-order valence-corrected chi connectivity index (χ4v) is 5.35. The molecule has 3 rings (SSSR count). The minimum atomic E-state index is -3.65. The molecule has 1 aliphatic heterocycles. The fraction of sp³-hybridized carbons (Fsp3) is 0.263. The predicted octanol–water partition coefficient (Wildman–Crippen LogP) is 4.73. The van der Waals surface area contributed by atoms with Crippen molar-refractivity contribution in [1.29, 1.82) is 0 Å². The van der Waals surface area contributed by atoms with Crippen molar-refractivity contribution in [3.63, 3.8) is 0 Å². The number of hydrogen-bond donors (Lipinski definition) is 0. The van der Waals surface area contributed by atoms with E-state index in [0.29, 0.717) is 22.9 Å². The van der Waals surface area contributed by atoms with Crippen molar-refractivity contribution in [3.8, 4) is 5.75 Å². The van der Waals surface area contributed by atoms with E-state index >= 15 is 0 Å². The number of fused-ring (bicyclic) bond motifs is 1. The van der Waals surface area contributed by atoms with E-state index in [1.54, 1.807) is 25.3 Å². The number of halogens is 1. The van der Waals surface area contributed by atoms with Crippen molar-refractivity contribution in [2.45, 2.75) is 25.2 Å². The molecular weight excluding hydrogens is 402 g/mol. The van der Waals surface area contributed by atoms with Crippen LogP contribution in [0.15, 0.2) is 51.8 Å². The highest BCUT2D eigenvalue weighted by molar-refractivity contribution is 9.11. The van der Waals surface area contributed by atoms with Gasteiger partial charge in [-0.3, -0.25) is 4.31 Å². The average Bonchev–Trinajstić information content (AvgIpc) is 2.60. The Morgan fingerprint density at radius 1 is 1.16 bits per heavy atom. The Labute approximate surface area is 157 Å². The number of sulfonamides is 1. The molecule has 2 aromatic carbocycles. The van der Waals surface area contributed by atoms with Crippen molar-refractivity contribution in [2.24, 2.45) is 0 Å². The summed E-state index contributed by atoms with van der Waals surface area (Å²) in [5.74, 6) is 0.708. The zero-order valence-corrected chi connectivity index (χ0v) is 16.8. The Balaban J connectivity index is 2.16. The van der Waals surface area contributed by atoms with Crippen LogP contribution in [0.25, 0.3) is 5.57 Å². The van der Waals surface area contributed by atoms with Gasteiger partial charge in [0, 0.05) is 10.0 Å². The van der Waals surface area contributed by atoms with Crippen LogP contribution in [0.2, 0.25) is 0 Å². The van der Waals surface area contributed by atoms with Crippen LogP contribution in [0.3, 0.4) is 0 Å². The molecular formula is C19H20BrNO3S. The summed E-state index contributed by atoms with van der Waals surface area (Å²) in [5.41, 5.74) is 3.69. The maximum absolute atomic E-state index is 13.2. The second-order valence-electron chi connectivity index (χ2n) is 5.94. The van der Waals surface area contributed by atoms with Crippen LogP contribution in [0.1, 0.15) is 24.5 Å². The smallest absolute Gasteiger partial charge is 0.264 e. The van der Waals surface area contributed by atoms with Gasteiger partial charge in [0.05, 0.1) is 24.2 Å². The van der Waals surface area contributed by atoms with Crippen LogP contribution in [-0.4, -0.2) is 22.1 Å². The van der Waals surface area contributed by atoms with Crippen molar-refractivity contribution < 1.29 is 13.2 Å². The van der Waals surface area contributed by atoms with Gasteiger partial charge in [-0.2, -0.15) is 0 Å². The van der Waals surface area contributed by atoms with Crippen LogP contribution >= 0.6 is 15.9 Å². The SMILES string of the molecule is CCC1=C(Br)CN(S(=O)(=O)c2ccc(C)cc2)c2ccc(OC)cc21. The summed E-state index contributed by atoms with van der Waals surface area (Å²) in [7, 11) is -2.04. The van der Waals surface area contributed by atoms with Crippen LogP contribution in [0, 0.1) is 6.92 Å². The molecule has 0 bridgehead atoms. The lowest BCUT2D eigenvalue weighted by Gasteiger charge is -2.32. The lowest BCUT2D eigenvalue weighted by atomic mass is 9.98. The van der Waals surface area contributed by atoms with Crippen LogP contribution < -0.4 is 9.04 Å². The van der Waals surface area contributed by atoms with Gasteiger partial charge in [-0.1, -0.05) is 40.5 Å². The summed E-state index contributed by atoms with van der Waals surface area (Å²) in [6.07, 6.45) is 0.805. The van der Waals surface area contributed by atoms with Gasteiger partial charge >= 0.3 is 0 Å². The Kier molecular flexibility index (Phi) is 4.93. The Morgan fingerprint density at radius 3 is 2.44 bits per heavy atom. The van der Waals surface area contributed by atoms with Crippen molar-refractivity contribution in [3.05, 3.63) is 58.1 Å². The average molecular weight is 422 g/mol. The summed E-state index contributed by atoms with van der Waals surface area (Å²) in [6, 6.07) is 12.4. The molecule has 132 valence electrons. The first-order valence-electron chi connectivity index (χ1n) is 8.03. The topological polar surface area (TPSA) is 46.6 Å². The first kappa shape index (κ1) is 18.0. The highest BCUT2D eigenvalue weighted by Crippen LogP contribution is 2.42. The zero-order valence-electron chi connectivity index (χ0n) is 14.4. The maximum atomic E-state index is 13.2. The third-order valence-corrected chi connectivity index (χ3v) is 6.87. The Morgan fingerprint density at radius 2 is 1.84 bits per heavy atom. The number of anilines is 1. The van der Waals surface area contributed by atoms with Crippen molar-refractivity contribution in [2.75, 3.05) is 18.0 Å². The highest BCUT2D eigenvalue weighted by atomic mass is 79.9. The predicted molar refractivity (Wildman–Crippen MR) is 105 cm³/mol. The monoisotopic (exact) mass is 421 g/mol. The van der Waals surface area contributed by atoms with Gasteiger partial charge in [0.25, 0.3) is 10.0 Å². The third kappa shape index (κ3) is 3.20. The normalized spacial score (nSPS) is 14.5. The van der Waals surface area contributed by atoms with E-state index in [-0.39, 0.29) is 0 Å². The summed E-state index contributed by atoms with van der Waals surface area (Å²) in [6.45, 7) is 4.29. The minimum Gasteiger partial charge on any atom is -0.497 e. The minimum absolute atomic E-state index is 0.290. The van der Waals surface area contributed by atoms with E-state index in [2.05, 4.69) is 22.9 Å². The van der Waals surface area contributed by atoms with Gasteiger partial charge in [-0.25, -0.2) is 8.42 Å². The summed E-state index contributed by atoms with van der Waals surface area (Å²) in [4.78, 5) is 0.292. The number of benzene rings is 2. The molecule has 0 atom stereocenters. The standard InChI is InChI=1S/C19H20BrNO3S/c1-4-16-17-11-14(24-3)7-10-19(17)21(12-18(16)20)25(22,23)15-8-5-13(2)6-9-15/h5-11H,4,12H2,1-3H3. The lowest BCUT2D eigenvalue weighted by molar-refractivity contribution is 0.414. The van der Waals surface area contributed by atoms with E-state index in [0.717, 1.165) is 27.6 Å². The van der Waals surface area contributed by atoms with E-state index in [1.807, 2.05) is 31.2 Å². The van der Waals surface area contributed by atoms with Gasteiger partial charge < -0.3 is 4.74 Å². The molecule has 0 aromatic heterocycles. The van der Waals surface area contributed by atoms with E-state index in [1.165, 1.54) is 4.31 Å². The zero-order chi connectivity index (χ0) is 18.2. The third-order valence-electron chi connectivity index (χ3n) is 4.37. The summed E-state index contributed by atoms with van der Waals surface area (Å²) < 4.78 is 34.1. The van der Waals surface area contributed by atoms with Gasteiger partial charge in [-0.05, 0) is 49.2 Å². The van der Waals surface area contributed by atoms with E-state index in [4.69, 9.17) is 4.74 Å². The van der Waals surface area contributed by atoms with Crippen LogP contribution in [-0.2, 0) is 10.0 Å². The van der Waals surface area contributed by atoms with Gasteiger partial charge in [-0.15, -0.1) is 0 Å². The van der Waals surface area contributed by atoms with E-state index < -0.39 is 10.0 Å². The van der Waals surface area contributed by atoms with E-state index in [9.17, 15) is 8.42 Å². The highest BCUT2D eigenvalue weighted by Gasteiger charge is 2.32. The molecule has 0 saturated carbocycles. The summed E-state index contributed by atoms with van der Waals surface area (Å²) in [5, 5.41) is 0. The second-order valence-corrected chi connectivity index (χ2v) is 8.76. The molecule has 0 saturated heterocycles. The number of methoxy groups -OCH3 is 1. The molecule has 2 aromatic rings. The number of ether oxygens (including phenoxy) is 1. The molecule has 0 N–H and O–H groups in total. The first-order valence-corrected chi connectivity index (χ1v) is 10.3. The molecule has 0 aliphatic carbocycles. The molecule has 25 heavy (non-hydrogen) atoms. The molecule has 1 aliphatic rings. The Bertz CT molecular complexity index is 934. The molecule has 6 heteroatoms. The van der Waals surface area contributed by atoms with Crippen LogP contribution in [0.5, 0.6) is 5.75 Å². The molecule has 0 radical (unpaired) electrons. The van der Waals surface area contributed by atoms with Crippen LogP contribution in [0.4, 0.5) is 5.69 Å². The second kappa shape index (κ2) is 6.84. The molecule has 0 unspecified atom stereocenters. The maximum Gasteiger partial charge on any atom is 0.264 e. The van der Waals surface area contributed by atoms with Crippen molar-refractivity contribution >= 4 is 37.2 Å².